The van der Waals surface area contributed by atoms with Crippen molar-refractivity contribution in [2.45, 2.75) is 70.9 Å². The number of carbonyl (C=O) groups excluding carboxylic acids is 1. The third-order valence-corrected chi connectivity index (χ3v) is 6.67. The minimum absolute atomic E-state index is 0.0178. The lowest BCUT2D eigenvalue weighted by molar-refractivity contribution is -0.116. The number of hydrogen-bond acceptors (Lipinski definition) is 8. The van der Waals surface area contributed by atoms with E-state index in [0.29, 0.717) is 34.6 Å². The summed E-state index contributed by atoms with van der Waals surface area (Å²) in [5.41, 5.74) is 2.96. The van der Waals surface area contributed by atoms with Crippen LogP contribution < -0.4 is 10.1 Å². The van der Waals surface area contributed by atoms with Crippen LogP contribution in [0.1, 0.15) is 64.4 Å². The number of imidazole rings is 1. The topological polar surface area (TPSA) is 120 Å². The molecule has 1 aliphatic carbocycles. The SMILES string of the molecule is CC(=O)Cc1cc(Oc2cnc3nc(Nc4cc(C(C)(C)C)n([C@@H]5CCC[C@@H]5O)n4)n(C)c3c2)ccn1. The highest BCUT2D eigenvalue weighted by atomic mass is 16.5. The number of aromatic nitrogens is 6. The number of hydrogen-bond donors (Lipinski definition) is 2. The maximum atomic E-state index is 11.4. The molecule has 4 heterocycles. The predicted molar refractivity (Wildman–Crippen MR) is 140 cm³/mol. The third kappa shape index (κ3) is 5.20. The van der Waals surface area contributed by atoms with Gasteiger partial charge in [-0.2, -0.15) is 10.1 Å². The van der Waals surface area contributed by atoms with Gasteiger partial charge in [-0.3, -0.25) is 14.5 Å². The van der Waals surface area contributed by atoms with Crippen LogP contribution >= 0.6 is 0 Å². The molecular formula is C27H33N7O3. The van der Waals surface area contributed by atoms with E-state index in [1.807, 2.05) is 28.4 Å². The molecule has 0 radical (unpaired) electrons. The first-order chi connectivity index (χ1) is 17.6. The average Bonchev–Trinajstić information content (AvgIpc) is 3.51. The summed E-state index contributed by atoms with van der Waals surface area (Å²) in [6.07, 6.45) is 5.84. The molecule has 0 aliphatic heterocycles. The first-order valence-electron chi connectivity index (χ1n) is 12.6. The molecule has 0 unspecified atom stereocenters. The van der Waals surface area contributed by atoms with Gasteiger partial charge in [-0.1, -0.05) is 20.8 Å². The Balaban J connectivity index is 1.41. The van der Waals surface area contributed by atoms with Crippen molar-refractivity contribution in [1.82, 2.24) is 29.3 Å². The van der Waals surface area contributed by atoms with Crippen molar-refractivity contribution in [1.29, 1.82) is 0 Å². The smallest absolute Gasteiger partial charge is 0.210 e. The van der Waals surface area contributed by atoms with E-state index in [4.69, 9.17) is 9.84 Å². The summed E-state index contributed by atoms with van der Waals surface area (Å²) < 4.78 is 9.89. The first-order valence-corrected chi connectivity index (χ1v) is 12.6. The van der Waals surface area contributed by atoms with Crippen molar-refractivity contribution in [3.8, 4) is 11.5 Å². The number of Topliss-reactive ketones (excluding diaryl/α,β-unsaturated/α-hetero) is 1. The Morgan fingerprint density at radius 1 is 1.19 bits per heavy atom. The van der Waals surface area contributed by atoms with Crippen LogP contribution in [0.25, 0.3) is 11.2 Å². The van der Waals surface area contributed by atoms with E-state index in [9.17, 15) is 9.90 Å². The fourth-order valence-electron chi connectivity index (χ4n) is 4.81. The standard InChI is InChI=1S/C27H33N7O3/c1-16(35)11-17-12-18(9-10-28-17)37-19-13-21-25(29-15-19)31-26(33(21)5)30-24-14-23(27(2,3)4)34(32-24)20-7-6-8-22(20)36/h9-10,12-15,20,22,36H,6-8,11H2,1-5H3,(H,29,30,31,32)/t20-,22+/m1/s1. The van der Waals surface area contributed by atoms with Gasteiger partial charge in [0.25, 0.3) is 0 Å². The lowest BCUT2D eigenvalue weighted by Crippen LogP contribution is -2.26. The molecule has 0 bridgehead atoms. The Morgan fingerprint density at radius 2 is 2.00 bits per heavy atom. The number of aliphatic hydroxyl groups excluding tert-OH is 1. The van der Waals surface area contributed by atoms with Crippen LogP contribution in [0.2, 0.25) is 0 Å². The highest BCUT2D eigenvalue weighted by Gasteiger charge is 2.32. The molecule has 5 rings (SSSR count). The molecule has 194 valence electrons. The Labute approximate surface area is 215 Å². The molecule has 10 heteroatoms. The fraction of sp³-hybridized carbons (Fsp3) is 0.444. The zero-order valence-corrected chi connectivity index (χ0v) is 21.9. The van der Waals surface area contributed by atoms with Crippen molar-refractivity contribution in [3.05, 3.63) is 48.0 Å². The highest BCUT2D eigenvalue weighted by molar-refractivity contribution is 5.78. The molecule has 37 heavy (non-hydrogen) atoms. The Kier molecular flexibility index (Phi) is 6.45. The summed E-state index contributed by atoms with van der Waals surface area (Å²) >= 11 is 0. The summed E-state index contributed by atoms with van der Waals surface area (Å²) in [5.74, 6) is 2.46. The molecule has 10 nitrogen and oxygen atoms in total. The number of nitrogens with zero attached hydrogens (tertiary/aromatic N) is 6. The number of pyridine rings is 2. The molecule has 4 aromatic rings. The van der Waals surface area contributed by atoms with E-state index < -0.39 is 0 Å². The van der Waals surface area contributed by atoms with Crippen LogP contribution in [0.4, 0.5) is 11.8 Å². The molecule has 0 spiro atoms. The summed E-state index contributed by atoms with van der Waals surface area (Å²) in [5, 5.41) is 18.7. The van der Waals surface area contributed by atoms with E-state index in [-0.39, 0.29) is 29.8 Å². The molecule has 2 N–H and O–H groups in total. The molecule has 0 saturated heterocycles. The van der Waals surface area contributed by atoms with E-state index in [0.717, 1.165) is 30.5 Å². The number of nitrogens with one attached hydrogen (secondary N) is 1. The minimum atomic E-state index is -0.383. The summed E-state index contributed by atoms with van der Waals surface area (Å²) in [6, 6.07) is 7.39. The van der Waals surface area contributed by atoms with Crippen molar-refractivity contribution in [2.24, 2.45) is 7.05 Å². The number of aryl methyl sites for hydroxylation is 1. The molecule has 0 amide bonds. The normalized spacial score (nSPS) is 17.9. The zero-order chi connectivity index (χ0) is 26.3. The fourth-order valence-corrected chi connectivity index (χ4v) is 4.81. The number of aliphatic hydroxyl groups is 1. The second-order valence-electron chi connectivity index (χ2n) is 10.8. The molecular weight excluding hydrogens is 470 g/mol. The van der Waals surface area contributed by atoms with Crippen molar-refractivity contribution in [3.63, 3.8) is 0 Å². The van der Waals surface area contributed by atoms with Gasteiger partial charge in [-0.05, 0) is 32.3 Å². The van der Waals surface area contributed by atoms with E-state index in [1.54, 1.807) is 24.5 Å². The Hall–Kier alpha value is -3.79. The molecule has 1 saturated carbocycles. The Bertz CT molecular complexity index is 1450. The molecule has 1 aliphatic rings. The largest absolute Gasteiger partial charge is 0.456 e. The van der Waals surface area contributed by atoms with Gasteiger partial charge in [-0.25, -0.2) is 4.98 Å². The minimum Gasteiger partial charge on any atom is -0.456 e. The molecule has 1 fully saturated rings. The first kappa shape index (κ1) is 24.9. The van der Waals surface area contributed by atoms with E-state index >= 15 is 0 Å². The van der Waals surface area contributed by atoms with Crippen LogP contribution in [-0.2, 0) is 23.7 Å². The Morgan fingerprint density at radius 3 is 2.70 bits per heavy atom. The number of ether oxygens (including phenoxy) is 1. The summed E-state index contributed by atoms with van der Waals surface area (Å²) in [7, 11) is 1.91. The maximum Gasteiger partial charge on any atom is 0.210 e. The van der Waals surface area contributed by atoms with Crippen LogP contribution in [0.3, 0.4) is 0 Å². The van der Waals surface area contributed by atoms with Crippen molar-refractivity contribution < 1.29 is 14.6 Å². The number of anilines is 2. The van der Waals surface area contributed by atoms with Gasteiger partial charge in [0.2, 0.25) is 5.95 Å². The molecule has 0 aromatic carbocycles. The maximum absolute atomic E-state index is 11.4. The second kappa shape index (κ2) is 9.59. The van der Waals surface area contributed by atoms with Gasteiger partial charge in [0.15, 0.2) is 11.5 Å². The van der Waals surface area contributed by atoms with Gasteiger partial charge in [-0.15, -0.1) is 0 Å². The summed E-state index contributed by atoms with van der Waals surface area (Å²) in [6.45, 7) is 7.99. The van der Waals surface area contributed by atoms with Crippen LogP contribution in [-0.4, -0.2) is 46.3 Å². The highest BCUT2D eigenvalue weighted by Crippen LogP contribution is 2.36. The monoisotopic (exact) mass is 503 g/mol. The lowest BCUT2D eigenvalue weighted by atomic mass is 9.91. The lowest BCUT2D eigenvalue weighted by Gasteiger charge is -2.25. The molecule has 2 atom stereocenters. The van der Waals surface area contributed by atoms with Gasteiger partial charge >= 0.3 is 0 Å². The second-order valence-corrected chi connectivity index (χ2v) is 10.8. The third-order valence-electron chi connectivity index (χ3n) is 6.67. The quantitative estimate of drug-likeness (QED) is 0.375. The number of rotatable bonds is 7. The van der Waals surface area contributed by atoms with Gasteiger partial charge in [0.05, 0.1) is 29.6 Å². The van der Waals surface area contributed by atoms with Gasteiger partial charge in [0, 0.05) is 49.0 Å². The van der Waals surface area contributed by atoms with E-state index in [1.165, 1.54) is 6.92 Å². The van der Waals surface area contributed by atoms with Crippen LogP contribution in [0, 0.1) is 0 Å². The number of fused-ring (bicyclic) bond motifs is 1. The number of carbonyl (C=O) groups is 1. The number of ketones is 1. The summed E-state index contributed by atoms with van der Waals surface area (Å²) in [4.78, 5) is 24.8. The van der Waals surface area contributed by atoms with Crippen molar-refractivity contribution in [2.75, 3.05) is 5.32 Å². The van der Waals surface area contributed by atoms with Crippen LogP contribution in [0.5, 0.6) is 11.5 Å². The van der Waals surface area contributed by atoms with Crippen LogP contribution in [0.15, 0.2) is 36.7 Å². The van der Waals surface area contributed by atoms with E-state index in [2.05, 4.69) is 41.0 Å². The van der Waals surface area contributed by atoms with Crippen molar-refractivity contribution >= 4 is 28.7 Å². The predicted octanol–water partition coefficient (Wildman–Crippen LogP) is 4.61. The van der Waals surface area contributed by atoms with Gasteiger partial charge in [0.1, 0.15) is 17.3 Å². The average molecular weight is 504 g/mol. The zero-order valence-electron chi connectivity index (χ0n) is 21.9. The molecule has 4 aromatic heterocycles. The van der Waals surface area contributed by atoms with Gasteiger partial charge < -0.3 is 19.7 Å².